The molecule has 0 amide bonds. The molecule has 0 saturated heterocycles. The van der Waals surface area contributed by atoms with E-state index in [1.54, 1.807) is 13.8 Å². The van der Waals surface area contributed by atoms with E-state index in [-0.39, 0.29) is 10.6 Å². The third kappa shape index (κ3) is 2.10. The molecule has 1 rings (SSSR count). The summed E-state index contributed by atoms with van der Waals surface area (Å²) in [5, 5.41) is 0.361. The Balaban J connectivity index is 3.56. The monoisotopic (exact) mass is 297 g/mol. The van der Waals surface area contributed by atoms with E-state index in [1.807, 2.05) is 0 Å². The van der Waals surface area contributed by atoms with Gasteiger partial charge in [-0.3, -0.25) is 0 Å². The molecule has 1 heterocycles. The molecular weight excluding hydrogens is 290 g/mol. The van der Waals surface area contributed by atoms with Gasteiger partial charge in [0.05, 0.1) is 10.8 Å². The van der Waals surface area contributed by atoms with Crippen molar-refractivity contribution < 1.29 is 8.42 Å². The average Bonchev–Trinajstić information content (AvgIpc) is 2.12. The Bertz CT molecular complexity index is 459. The Labute approximate surface area is 96.5 Å². The molecular formula is C8H9BrClNO2S. The highest BCUT2D eigenvalue weighted by Crippen LogP contribution is 2.28. The number of sulfone groups is 1. The first-order valence-corrected chi connectivity index (χ1v) is 6.75. The number of hydrogen-bond acceptors (Lipinski definition) is 3. The molecule has 78 valence electrons. The third-order valence-corrected chi connectivity index (χ3v) is 4.99. The van der Waals surface area contributed by atoms with Crippen LogP contribution in [0, 0.1) is 6.92 Å². The van der Waals surface area contributed by atoms with Crippen LogP contribution in [0.15, 0.2) is 15.7 Å². The molecule has 0 N–H and O–H groups in total. The van der Waals surface area contributed by atoms with Crippen molar-refractivity contribution in [2.75, 3.05) is 5.75 Å². The zero-order valence-corrected chi connectivity index (χ0v) is 10.9. The summed E-state index contributed by atoms with van der Waals surface area (Å²) in [5.41, 5.74) is 0.537. The van der Waals surface area contributed by atoms with E-state index in [9.17, 15) is 8.42 Å². The van der Waals surface area contributed by atoms with E-state index in [2.05, 4.69) is 20.9 Å². The molecule has 0 bridgehead atoms. The SMILES string of the molecule is CCS(=O)(=O)c1c(Br)ncc(Cl)c1C. The van der Waals surface area contributed by atoms with Crippen molar-refractivity contribution in [1.29, 1.82) is 0 Å². The lowest BCUT2D eigenvalue weighted by atomic mass is 10.3. The minimum absolute atomic E-state index is 0.0362. The quantitative estimate of drug-likeness (QED) is 0.789. The largest absolute Gasteiger partial charge is 0.246 e. The first kappa shape index (κ1) is 11.9. The number of pyridine rings is 1. The summed E-state index contributed by atoms with van der Waals surface area (Å²) in [4.78, 5) is 4.05. The molecule has 0 radical (unpaired) electrons. The van der Waals surface area contributed by atoms with E-state index >= 15 is 0 Å². The van der Waals surface area contributed by atoms with Crippen molar-refractivity contribution in [2.45, 2.75) is 18.7 Å². The molecule has 0 saturated carbocycles. The Morgan fingerprint density at radius 1 is 1.57 bits per heavy atom. The van der Waals surface area contributed by atoms with Crippen molar-refractivity contribution >= 4 is 37.4 Å². The smallest absolute Gasteiger partial charge is 0.181 e. The van der Waals surface area contributed by atoms with Crippen LogP contribution in [0.2, 0.25) is 5.02 Å². The third-order valence-electron chi connectivity index (χ3n) is 1.87. The zero-order valence-electron chi connectivity index (χ0n) is 7.71. The maximum Gasteiger partial charge on any atom is 0.181 e. The predicted octanol–water partition coefficient (Wildman–Crippen LogP) is 2.60. The summed E-state index contributed by atoms with van der Waals surface area (Å²) < 4.78 is 23.7. The molecule has 1 aromatic heterocycles. The van der Waals surface area contributed by atoms with Gasteiger partial charge in [-0.25, -0.2) is 13.4 Å². The minimum atomic E-state index is -3.28. The number of halogens is 2. The fraction of sp³-hybridized carbons (Fsp3) is 0.375. The van der Waals surface area contributed by atoms with E-state index < -0.39 is 9.84 Å². The van der Waals surface area contributed by atoms with Crippen LogP contribution in [-0.4, -0.2) is 19.2 Å². The molecule has 0 fully saturated rings. The highest BCUT2D eigenvalue weighted by Gasteiger charge is 2.20. The molecule has 0 aromatic carbocycles. The van der Waals surface area contributed by atoms with Gasteiger partial charge in [-0.05, 0) is 28.4 Å². The van der Waals surface area contributed by atoms with Gasteiger partial charge in [-0.2, -0.15) is 0 Å². The average molecular weight is 299 g/mol. The van der Waals surface area contributed by atoms with Crippen molar-refractivity contribution in [1.82, 2.24) is 4.98 Å². The van der Waals surface area contributed by atoms with E-state index in [4.69, 9.17) is 11.6 Å². The molecule has 0 aliphatic heterocycles. The predicted molar refractivity (Wildman–Crippen MR) is 59.4 cm³/mol. The van der Waals surface area contributed by atoms with Crippen molar-refractivity contribution in [3.8, 4) is 0 Å². The van der Waals surface area contributed by atoms with Crippen LogP contribution in [0.4, 0.5) is 0 Å². The maximum absolute atomic E-state index is 11.7. The highest BCUT2D eigenvalue weighted by atomic mass is 79.9. The summed E-state index contributed by atoms with van der Waals surface area (Å²) in [6.45, 7) is 3.25. The van der Waals surface area contributed by atoms with Crippen molar-refractivity contribution in [3.63, 3.8) is 0 Å². The van der Waals surface area contributed by atoms with Crippen LogP contribution >= 0.6 is 27.5 Å². The van der Waals surface area contributed by atoms with Crippen LogP contribution in [0.25, 0.3) is 0 Å². The maximum atomic E-state index is 11.7. The van der Waals surface area contributed by atoms with Crippen molar-refractivity contribution in [3.05, 3.63) is 21.4 Å². The molecule has 1 aromatic rings. The Morgan fingerprint density at radius 3 is 2.64 bits per heavy atom. The summed E-state index contributed by atoms with van der Waals surface area (Å²) in [6, 6.07) is 0. The van der Waals surface area contributed by atoms with E-state index in [0.717, 1.165) is 0 Å². The topological polar surface area (TPSA) is 47.0 Å². The Hall–Kier alpha value is -0.130. The second-order valence-corrected chi connectivity index (χ2v) is 6.13. The van der Waals surface area contributed by atoms with Crippen LogP contribution in [0.5, 0.6) is 0 Å². The molecule has 0 aliphatic rings. The molecule has 0 aliphatic carbocycles. The number of nitrogens with zero attached hydrogens (tertiary/aromatic N) is 1. The summed E-state index contributed by atoms with van der Waals surface area (Å²) in [7, 11) is -3.28. The molecule has 0 spiro atoms. The standard InChI is InChI=1S/C8H9BrClNO2S/c1-3-14(12,13)7-5(2)6(10)4-11-8(7)9/h4H,3H2,1-2H3. The van der Waals surface area contributed by atoms with Crippen LogP contribution in [-0.2, 0) is 9.84 Å². The van der Waals surface area contributed by atoms with Crippen molar-refractivity contribution in [2.24, 2.45) is 0 Å². The van der Waals surface area contributed by atoms with Gasteiger partial charge in [0.1, 0.15) is 9.50 Å². The minimum Gasteiger partial charge on any atom is -0.246 e. The summed E-state index contributed by atoms with van der Waals surface area (Å²) in [5.74, 6) is 0.0362. The number of aromatic nitrogens is 1. The lowest BCUT2D eigenvalue weighted by Crippen LogP contribution is -2.08. The van der Waals surface area contributed by atoms with Crippen LogP contribution in [0.1, 0.15) is 12.5 Å². The van der Waals surface area contributed by atoms with Gasteiger partial charge in [-0.15, -0.1) is 0 Å². The van der Waals surface area contributed by atoms with E-state index in [1.165, 1.54) is 6.20 Å². The normalized spacial score (nSPS) is 11.7. The van der Waals surface area contributed by atoms with Gasteiger partial charge in [-0.1, -0.05) is 18.5 Å². The van der Waals surface area contributed by atoms with Gasteiger partial charge in [0.2, 0.25) is 0 Å². The lowest BCUT2D eigenvalue weighted by Gasteiger charge is -2.08. The molecule has 0 unspecified atom stereocenters. The number of rotatable bonds is 2. The fourth-order valence-corrected chi connectivity index (χ4v) is 3.55. The lowest BCUT2D eigenvalue weighted by molar-refractivity contribution is 0.595. The summed E-state index contributed by atoms with van der Waals surface area (Å²) >= 11 is 8.91. The van der Waals surface area contributed by atoms with Gasteiger partial charge >= 0.3 is 0 Å². The van der Waals surface area contributed by atoms with Crippen LogP contribution < -0.4 is 0 Å². The van der Waals surface area contributed by atoms with Gasteiger partial charge < -0.3 is 0 Å². The molecule has 3 nitrogen and oxygen atoms in total. The first-order chi connectivity index (χ1) is 6.40. The Kier molecular flexibility index (Phi) is 3.55. The zero-order chi connectivity index (χ0) is 10.9. The highest BCUT2D eigenvalue weighted by molar-refractivity contribution is 9.10. The van der Waals surface area contributed by atoms with Crippen LogP contribution in [0.3, 0.4) is 0 Å². The molecule has 0 atom stereocenters. The first-order valence-electron chi connectivity index (χ1n) is 3.93. The molecule has 6 heteroatoms. The Morgan fingerprint density at radius 2 is 2.14 bits per heavy atom. The van der Waals surface area contributed by atoms with Gasteiger partial charge in [0, 0.05) is 6.20 Å². The fourth-order valence-electron chi connectivity index (χ4n) is 1.04. The van der Waals surface area contributed by atoms with Gasteiger partial charge in [0.15, 0.2) is 9.84 Å². The molecule has 14 heavy (non-hydrogen) atoms. The summed E-state index contributed by atoms with van der Waals surface area (Å²) in [6.07, 6.45) is 1.43. The number of hydrogen-bond donors (Lipinski definition) is 0. The van der Waals surface area contributed by atoms with Gasteiger partial charge in [0.25, 0.3) is 0 Å². The second kappa shape index (κ2) is 4.16. The van der Waals surface area contributed by atoms with E-state index in [0.29, 0.717) is 15.2 Å². The second-order valence-electron chi connectivity index (χ2n) is 2.75.